The summed E-state index contributed by atoms with van der Waals surface area (Å²) >= 11 is 0. The molecule has 3 rings (SSSR count). The Balaban J connectivity index is 2.14. The molecule has 1 aliphatic heterocycles. The Hall–Kier alpha value is -2.30. The van der Waals surface area contributed by atoms with Gasteiger partial charge in [-0.2, -0.15) is 0 Å². The van der Waals surface area contributed by atoms with E-state index in [4.69, 9.17) is 14.2 Å². The van der Waals surface area contributed by atoms with Crippen molar-refractivity contribution in [3.63, 3.8) is 0 Å². The van der Waals surface area contributed by atoms with Crippen LogP contribution < -0.4 is 9.47 Å². The fourth-order valence-corrected chi connectivity index (χ4v) is 3.04. The predicted octanol–water partition coefficient (Wildman–Crippen LogP) is 2.44. The van der Waals surface area contributed by atoms with Crippen LogP contribution in [-0.4, -0.2) is 25.7 Å². The van der Waals surface area contributed by atoms with Crippen LogP contribution in [0.2, 0.25) is 0 Å². The number of hydrogen-bond donors (Lipinski definition) is 0. The van der Waals surface area contributed by atoms with Crippen molar-refractivity contribution in [2.45, 2.75) is 26.2 Å². The van der Waals surface area contributed by atoms with E-state index in [0.717, 1.165) is 16.7 Å². The second-order valence-corrected chi connectivity index (χ2v) is 5.28. The summed E-state index contributed by atoms with van der Waals surface area (Å²) in [7, 11) is 1.35. The summed E-state index contributed by atoms with van der Waals surface area (Å²) in [6, 6.07) is 3.74. The fourth-order valence-electron chi connectivity index (χ4n) is 3.04. The molecule has 1 unspecified atom stereocenters. The van der Waals surface area contributed by atoms with E-state index in [2.05, 4.69) is 0 Å². The maximum absolute atomic E-state index is 12.1. The van der Waals surface area contributed by atoms with Gasteiger partial charge < -0.3 is 14.2 Å². The molecule has 1 aromatic rings. The number of esters is 1. The van der Waals surface area contributed by atoms with Crippen LogP contribution in [0, 0.1) is 0 Å². The molecular weight excluding hydrogens is 272 g/mol. The lowest BCUT2D eigenvalue weighted by atomic mass is 9.90. The smallest absolute Gasteiger partial charge is 0.334 e. The van der Waals surface area contributed by atoms with E-state index in [-0.39, 0.29) is 24.9 Å². The van der Waals surface area contributed by atoms with Crippen LogP contribution in [0.5, 0.6) is 11.5 Å². The van der Waals surface area contributed by atoms with E-state index < -0.39 is 5.97 Å². The first-order chi connectivity index (χ1) is 10.0. The van der Waals surface area contributed by atoms with Crippen LogP contribution in [-0.2, 0) is 14.3 Å². The largest absolute Gasteiger partial charge is 0.466 e. The van der Waals surface area contributed by atoms with Gasteiger partial charge in [-0.1, -0.05) is 0 Å². The van der Waals surface area contributed by atoms with Gasteiger partial charge in [0.05, 0.1) is 7.11 Å². The number of allylic oxidation sites excluding steroid dienone is 1. The summed E-state index contributed by atoms with van der Waals surface area (Å²) in [4.78, 5) is 23.7. The normalized spacial score (nSPS) is 18.7. The molecule has 0 radical (unpaired) electrons. The highest BCUT2D eigenvalue weighted by Crippen LogP contribution is 2.49. The third kappa shape index (κ3) is 2.09. The molecule has 110 valence electrons. The zero-order valence-electron chi connectivity index (χ0n) is 12.2. The summed E-state index contributed by atoms with van der Waals surface area (Å²) in [6.07, 6.45) is 0.272. The zero-order valence-corrected chi connectivity index (χ0v) is 12.2. The number of carbonyl (C=O) groups is 2. The topological polar surface area (TPSA) is 61.8 Å². The van der Waals surface area contributed by atoms with Gasteiger partial charge in [-0.15, -0.1) is 0 Å². The monoisotopic (exact) mass is 288 g/mol. The molecule has 1 aliphatic carbocycles. The van der Waals surface area contributed by atoms with Gasteiger partial charge in [0, 0.05) is 17.9 Å². The SMILES string of the molecule is COC(=O)C1=C(C)c2cc3c(cc2C1CC(C)=O)OCO3. The summed E-state index contributed by atoms with van der Waals surface area (Å²) in [6.45, 7) is 3.59. The maximum atomic E-state index is 12.1. The van der Waals surface area contributed by atoms with Gasteiger partial charge in [0.25, 0.3) is 0 Å². The van der Waals surface area contributed by atoms with Crippen molar-refractivity contribution in [3.8, 4) is 11.5 Å². The molecule has 0 saturated carbocycles. The van der Waals surface area contributed by atoms with Gasteiger partial charge in [0.1, 0.15) is 5.78 Å². The molecule has 21 heavy (non-hydrogen) atoms. The molecule has 1 atom stereocenters. The van der Waals surface area contributed by atoms with E-state index in [1.54, 1.807) is 0 Å². The van der Waals surface area contributed by atoms with Gasteiger partial charge >= 0.3 is 5.97 Å². The first-order valence-corrected chi connectivity index (χ1v) is 6.75. The van der Waals surface area contributed by atoms with Gasteiger partial charge in [-0.3, -0.25) is 4.79 Å². The Kier molecular flexibility index (Phi) is 3.20. The number of benzene rings is 1. The number of fused-ring (bicyclic) bond motifs is 2. The highest BCUT2D eigenvalue weighted by atomic mass is 16.7. The summed E-state index contributed by atoms with van der Waals surface area (Å²) < 4.78 is 15.7. The van der Waals surface area contributed by atoms with E-state index in [1.165, 1.54) is 14.0 Å². The third-order valence-corrected chi connectivity index (χ3v) is 3.97. The van der Waals surface area contributed by atoms with Gasteiger partial charge in [0.2, 0.25) is 6.79 Å². The van der Waals surface area contributed by atoms with Crippen LogP contribution in [0.15, 0.2) is 17.7 Å². The molecule has 0 fully saturated rings. The lowest BCUT2D eigenvalue weighted by Crippen LogP contribution is -2.13. The van der Waals surface area contributed by atoms with Gasteiger partial charge in [-0.25, -0.2) is 4.79 Å². The molecule has 1 aromatic carbocycles. The molecule has 0 bridgehead atoms. The molecule has 0 spiro atoms. The second-order valence-electron chi connectivity index (χ2n) is 5.28. The Labute approximate surface area is 122 Å². The van der Waals surface area contributed by atoms with E-state index >= 15 is 0 Å². The van der Waals surface area contributed by atoms with Crippen molar-refractivity contribution in [2.75, 3.05) is 13.9 Å². The minimum atomic E-state index is -0.392. The van der Waals surface area contributed by atoms with Crippen molar-refractivity contribution in [2.24, 2.45) is 0 Å². The number of carbonyl (C=O) groups excluding carboxylic acids is 2. The van der Waals surface area contributed by atoms with Crippen LogP contribution in [0.25, 0.3) is 5.57 Å². The lowest BCUT2D eigenvalue weighted by Gasteiger charge is -2.14. The summed E-state index contributed by atoms with van der Waals surface area (Å²) in [5, 5.41) is 0. The Morgan fingerprint density at radius 1 is 1.29 bits per heavy atom. The lowest BCUT2D eigenvalue weighted by molar-refractivity contribution is -0.136. The molecule has 0 amide bonds. The Morgan fingerprint density at radius 2 is 1.95 bits per heavy atom. The van der Waals surface area contributed by atoms with Crippen molar-refractivity contribution in [1.29, 1.82) is 0 Å². The summed E-state index contributed by atoms with van der Waals surface area (Å²) in [5.74, 6) is 0.679. The first kappa shape index (κ1) is 13.7. The number of Topliss-reactive ketones (excluding diaryl/α,β-unsaturated/α-hetero) is 1. The average molecular weight is 288 g/mol. The number of hydrogen-bond acceptors (Lipinski definition) is 5. The fraction of sp³-hybridized carbons (Fsp3) is 0.375. The molecule has 5 heteroatoms. The number of methoxy groups -OCH3 is 1. The van der Waals surface area contributed by atoms with Crippen LogP contribution >= 0.6 is 0 Å². The predicted molar refractivity (Wildman–Crippen MR) is 75.2 cm³/mol. The molecule has 0 aromatic heterocycles. The number of ether oxygens (including phenoxy) is 3. The summed E-state index contributed by atoms with van der Waals surface area (Å²) in [5.41, 5.74) is 3.23. The van der Waals surface area contributed by atoms with Gasteiger partial charge in [-0.05, 0) is 42.7 Å². The molecule has 1 heterocycles. The molecule has 0 saturated heterocycles. The first-order valence-electron chi connectivity index (χ1n) is 6.75. The second kappa shape index (κ2) is 4.91. The van der Waals surface area contributed by atoms with E-state index in [9.17, 15) is 9.59 Å². The van der Waals surface area contributed by atoms with Crippen molar-refractivity contribution in [3.05, 3.63) is 28.8 Å². The quantitative estimate of drug-likeness (QED) is 0.799. The Morgan fingerprint density at radius 3 is 2.57 bits per heavy atom. The van der Waals surface area contributed by atoms with Crippen molar-refractivity contribution >= 4 is 17.3 Å². The number of ketones is 1. The highest BCUT2D eigenvalue weighted by molar-refractivity contribution is 6.03. The van der Waals surface area contributed by atoms with E-state index in [1.807, 2.05) is 19.1 Å². The van der Waals surface area contributed by atoms with Gasteiger partial charge in [0.15, 0.2) is 11.5 Å². The molecule has 5 nitrogen and oxygen atoms in total. The average Bonchev–Trinajstić information content (AvgIpc) is 3.00. The Bertz CT molecular complexity index is 671. The van der Waals surface area contributed by atoms with E-state index in [0.29, 0.717) is 17.1 Å². The zero-order chi connectivity index (χ0) is 15.1. The standard InChI is InChI=1S/C16H16O5/c1-8(17)4-12-11-6-14-13(20-7-21-14)5-10(11)9(2)15(12)16(18)19-3/h5-6,12H,4,7H2,1-3H3. The molecule has 0 N–H and O–H groups in total. The van der Waals surface area contributed by atoms with Crippen LogP contribution in [0.4, 0.5) is 0 Å². The van der Waals surface area contributed by atoms with Crippen LogP contribution in [0.1, 0.15) is 37.3 Å². The van der Waals surface area contributed by atoms with Crippen molar-refractivity contribution < 1.29 is 23.8 Å². The molecule has 2 aliphatic rings. The minimum absolute atomic E-state index is 0.0275. The third-order valence-electron chi connectivity index (χ3n) is 3.97. The highest BCUT2D eigenvalue weighted by Gasteiger charge is 2.36. The van der Waals surface area contributed by atoms with Crippen LogP contribution in [0.3, 0.4) is 0 Å². The molecular formula is C16H16O5. The maximum Gasteiger partial charge on any atom is 0.334 e. The number of rotatable bonds is 3. The van der Waals surface area contributed by atoms with Crippen molar-refractivity contribution in [1.82, 2.24) is 0 Å². The minimum Gasteiger partial charge on any atom is -0.466 e.